The molecule has 42 heavy (non-hydrogen) atoms. The highest BCUT2D eigenvalue weighted by Gasteiger charge is 2.39. The average Bonchev–Trinajstić information content (AvgIpc) is 3.31. The third-order valence-corrected chi connectivity index (χ3v) is 9.24. The standard InChI is InChI=1S/C29H29F3N4O5S/c1-17-9-10-19(13-20(17)15-35-16-28(3,4)41-23-7-5-6-8-24(23)42(35,39)40)22(14-25(37)38)21-11-12-36-26(18(21)2)33-34-27(36)29(30,31)32/h5-13,22H,14-16H2,1-4H3,(H,37,38)/t22-/m0/s1. The Labute approximate surface area is 240 Å². The quantitative estimate of drug-likeness (QED) is 0.317. The van der Waals surface area contributed by atoms with Crippen molar-refractivity contribution >= 4 is 21.6 Å². The molecule has 2 aromatic heterocycles. The van der Waals surface area contributed by atoms with Crippen molar-refractivity contribution in [2.75, 3.05) is 6.54 Å². The van der Waals surface area contributed by atoms with Crippen LogP contribution in [0, 0.1) is 13.8 Å². The van der Waals surface area contributed by atoms with Gasteiger partial charge in [-0.2, -0.15) is 17.5 Å². The Morgan fingerprint density at radius 2 is 1.83 bits per heavy atom. The van der Waals surface area contributed by atoms with Gasteiger partial charge in [0, 0.05) is 18.7 Å². The van der Waals surface area contributed by atoms with Gasteiger partial charge in [0.1, 0.15) is 16.2 Å². The van der Waals surface area contributed by atoms with Crippen molar-refractivity contribution in [2.24, 2.45) is 0 Å². The predicted molar refractivity (Wildman–Crippen MR) is 147 cm³/mol. The van der Waals surface area contributed by atoms with Crippen molar-refractivity contribution in [3.05, 3.63) is 88.4 Å². The summed E-state index contributed by atoms with van der Waals surface area (Å²) in [6, 6.07) is 13.2. The number of para-hydroxylation sites is 1. The number of carboxylic acid groups (broad SMARTS) is 1. The number of aliphatic carboxylic acids is 1. The number of aromatic nitrogens is 3. The Hall–Kier alpha value is -3.97. The minimum atomic E-state index is -4.71. The van der Waals surface area contributed by atoms with Crippen molar-refractivity contribution < 1.29 is 36.2 Å². The van der Waals surface area contributed by atoms with Gasteiger partial charge in [-0.05, 0) is 73.7 Å². The number of alkyl halides is 3. The number of hydrogen-bond donors (Lipinski definition) is 1. The van der Waals surface area contributed by atoms with Crippen molar-refractivity contribution in [1.82, 2.24) is 18.9 Å². The van der Waals surface area contributed by atoms with Gasteiger partial charge < -0.3 is 9.84 Å². The highest BCUT2D eigenvalue weighted by atomic mass is 32.2. The molecule has 0 aliphatic carbocycles. The van der Waals surface area contributed by atoms with Crippen LogP contribution >= 0.6 is 0 Å². The second-order valence-corrected chi connectivity index (χ2v) is 12.9. The number of nitrogens with zero attached hydrogens (tertiary/aromatic N) is 4. The fourth-order valence-corrected chi connectivity index (χ4v) is 7.07. The first kappa shape index (κ1) is 29.5. The Bertz CT molecular complexity index is 1800. The van der Waals surface area contributed by atoms with Crippen LogP contribution in [0.4, 0.5) is 13.2 Å². The van der Waals surface area contributed by atoms with E-state index in [1.165, 1.54) is 22.6 Å². The number of hydrogen-bond acceptors (Lipinski definition) is 6. The van der Waals surface area contributed by atoms with E-state index in [-0.39, 0.29) is 35.8 Å². The molecule has 222 valence electrons. The predicted octanol–water partition coefficient (Wildman–Crippen LogP) is 5.33. The fraction of sp³-hybridized carbons (Fsp3) is 0.345. The van der Waals surface area contributed by atoms with E-state index >= 15 is 0 Å². The first-order valence-corrected chi connectivity index (χ1v) is 14.5. The number of carbonyl (C=O) groups is 1. The second-order valence-electron chi connectivity index (χ2n) is 11.0. The molecule has 1 aliphatic heterocycles. The van der Waals surface area contributed by atoms with Crippen molar-refractivity contribution in [2.45, 2.75) is 63.3 Å². The van der Waals surface area contributed by atoms with Crippen molar-refractivity contribution in [3.8, 4) is 5.75 Å². The number of carboxylic acids is 1. The molecule has 0 unspecified atom stereocenters. The van der Waals surface area contributed by atoms with E-state index in [9.17, 15) is 31.5 Å². The van der Waals surface area contributed by atoms with E-state index < -0.39 is 39.5 Å². The smallest absolute Gasteiger partial charge is 0.452 e. The van der Waals surface area contributed by atoms with Crippen LogP contribution in [0.2, 0.25) is 0 Å². The minimum Gasteiger partial charge on any atom is -0.485 e. The molecule has 1 N–H and O–H groups in total. The topological polar surface area (TPSA) is 114 Å². The summed E-state index contributed by atoms with van der Waals surface area (Å²) in [5.74, 6) is -2.76. The molecule has 9 nitrogen and oxygen atoms in total. The van der Waals surface area contributed by atoms with E-state index in [2.05, 4.69) is 10.2 Å². The lowest BCUT2D eigenvalue weighted by Gasteiger charge is -2.29. The summed E-state index contributed by atoms with van der Waals surface area (Å²) in [6.07, 6.45) is -3.88. The normalized spacial score (nSPS) is 17.3. The van der Waals surface area contributed by atoms with Crippen LogP contribution < -0.4 is 4.74 Å². The zero-order chi connectivity index (χ0) is 30.6. The monoisotopic (exact) mass is 602 g/mol. The molecule has 1 aliphatic rings. The van der Waals surface area contributed by atoms with E-state index in [0.717, 1.165) is 9.96 Å². The molecule has 5 rings (SSSR count). The number of sulfonamides is 1. The van der Waals surface area contributed by atoms with Crippen LogP contribution in [-0.4, -0.2) is 50.5 Å². The largest absolute Gasteiger partial charge is 0.485 e. The molecule has 0 amide bonds. The van der Waals surface area contributed by atoms with Crippen LogP contribution in [-0.2, 0) is 27.5 Å². The molecular formula is C29H29F3N4O5S. The Morgan fingerprint density at radius 1 is 1.12 bits per heavy atom. The molecule has 0 fully saturated rings. The molecule has 0 bridgehead atoms. The maximum Gasteiger partial charge on any atom is 0.452 e. The molecule has 13 heteroatoms. The van der Waals surface area contributed by atoms with Gasteiger partial charge in [-0.1, -0.05) is 30.3 Å². The van der Waals surface area contributed by atoms with Gasteiger partial charge in [0.25, 0.3) is 0 Å². The van der Waals surface area contributed by atoms with E-state index in [1.807, 2.05) is 6.92 Å². The fourth-order valence-electron chi connectivity index (χ4n) is 5.39. The van der Waals surface area contributed by atoms with E-state index in [0.29, 0.717) is 22.3 Å². The number of aryl methyl sites for hydroxylation is 2. The highest BCUT2D eigenvalue weighted by molar-refractivity contribution is 7.89. The summed E-state index contributed by atoms with van der Waals surface area (Å²) in [7, 11) is -3.95. The number of pyridine rings is 1. The maximum atomic E-state index is 13.7. The maximum absolute atomic E-state index is 13.7. The van der Waals surface area contributed by atoms with Gasteiger partial charge >= 0.3 is 12.1 Å². The van der Waals surface area contributed by atoms with Gasteiger partial charge in [-0.3, -0.25) is 9.20 Å². The number of benzene rings is 2. The van der Waals surface area contributed by atoms with Crippen LogP contribution in [0.1, 0.15) is 59.8 Å². The summed E-state index contributed by atoms with van der Waals surface area (Å²) < 4.78 is 75.9. The van der Waals surface area contributed by atoms with Gasteiger partial charge in [0.15, 0.2) is 5.65 Å². The number of rotatable bonds is 6. The number of halogens is 3. The molecule has 1 atom stereocenters. The second kappa shape index (κ2) is 10.4. The zero-order valence-corrected chi connectivity index (χ0v) is 24.1. The Morgan fingerprint density at radius 3 is 2.52 bits per heavy atom. The first-order chi connectivity index (χ1) is 19.6. The zero-order valence-electron chi connectivity index (χ0n) is 23.3. The van der Waals surface area contributed by atoms with Crippen LogP contribution in [0.25, 0.3) is 5.65 Å². The molecule has 0 saturated heterocycles. The van der Waals surface area contributed by atoms with Crippen LogP contribution in [0.15, 0.2) is 59.6 Å². The molecule has 0 saturated carbocycles. The van der Waals surface area contributed by atoms with E-state index in [1.54, 1.807) is 57.2 Å². The molecule has 2 aromatic carbocycles. The van der Waals surface area contributed by atoms with Crippen LogP contribution in [0.3, 0.4) is 0 Å². The molecule has 0 radical (unpaired) electrons. The van der Waals surface area contributed by atoms with Gasteiger partial charge in [-0.15, -0.1) is 10.2 Å². The Balaban J connectivity index is 1.57. The molecular weight excluding hydrogens is 573 g/mol. The number of fused-ring (bicyclic) bond motifs is 2. The molecule has 4 aromatic rings. The lowest BCUT2D eigenvalue weighted by Crippen LogP contribution is -2.42. The third-order valence-electron chi connectivity index (χ3n) is 7.41. The molecule has 0 spiro atoms. The third kappa shape index (κ3) is 5.45. The SMILES string of the molecule is Cc1ccc([C@H](CC(=O)O)c2ccn3c(C(F)(F)F)nnc3c2C)cc1CN1CC(C)(C)Oc2ccccc2S1(=O)=O. The van der Waals surface area contributed by atoms with Crippen LogP contribution in [0.5, 0.6) is 5.75 Å². The lowest BCUT2D eigenvalue weighted by molar-refractivity contribution is -0.145. The summed E-state index contributed by atoms with van der Waals surface area (Å²) in [5, 5.41) is 16.8. The molecule has 3 heterocycles. The van der Waals surface area contributed by atoms with Gasteiger partial charge in [0.05, 0.1) is 13.0 Å². The summed E-state index contributed by atoms with van der Waals surface area (Å²) in [6.45, 7) is 7.08. The summed E-state index contributed by atoms with van der Waals surface area (Å²) in [4.78, 5) is 12.0. The average molecular weight is 603 g/mol. The van der Waals surface area contributed by atoms with Crippen molar-refractivity contribution in [1.29, 1.82) is 0 Å². The lowest BCUT2D eigenvalue weighted by atomic mass is 9.85. The van der Waals surface area contributed by atoms with Gasteiger partial charge in [-0.25, -0.2) is 8.42 Å². The van der Waals surface area contributed by atoms with Gasteiger partial charge in [0.2, 0.25) is 15.8 Å². The minimum absolute atomic E-state index is 0.0000597. The number of ether oxygens (including phenoxy) is 1. The highest BCUT2D eigenvalue weighted by Crippen LogP contribution is 2.37. The summed E-state index contributed by atoms with van der Waals surface area (Å²) in [5.41, 5.74) is 1.99. The Kier molecular flexibility index (Phi) is 7.30. The van der Waals surface area contributed by atoms with E-state index in [4.69, 9.17) is 4.74 Å². The van der Waals surface area contributed by atoms with Crippen molar-refractivity contribution in [3.63, 3.8) is 0 Å². The first-order valence-electron chi connectivity index (χ1n) is 13.1. The summed E-state index contributed by atoms with van der Waals surface area (Å²) >= 11 is 0.